The Balaban J connectivity index is 2.27. The van der Waals surface area contributed by atoms with Gasteiger partial charge in [0.1, 0.15) is 0 Å². The monoisotopic (exact) mass is 237 g/mol. The Bertz CT molecular complexity index is 384. The van der Waals surface area contributed by atoms with E-state index in [4.69, 9.17) is 10.5 Å². The van der Waals surface area contributed by atoms with Crippen LogP contribution in [0.2, 0.25) is 0 Å². The number of aromatic nitrogens is 3. The number of nitrogens with two attached hydrogens (primary N) is 1. The first-order valence-corrected chi connectivity index (χ1v) is 6.06. The minimum atomic E-state index is 0.215. The number of ether oxygens (including phenoxy) is 1. The third-order valence-electron chi connectivity index (χ3n) is 3.16. The molecule has 17 heavy (non-hydrogen) atoms. The molecule has 1 aromatic rings. The Labute approximate surface area is 101 Å². The highest BCUT2D eigenvalue weighted by Crippen LogP contribution is 2.24. The highest BCUT2D eigenvalue weighted by Gasteiger charge is 2.24. The Morgan fingerprint density at radius 2 is 2.18 bits per heavy atom. The Morgan fingerprint density at radius 1 is 1.35 bits per heavy atom. The number of piperidine rings is 1. The summed E-state index contributed by atoms with van der Waals surface area (Å²) in [7, 11) is 1.53. The van der Waals surface area contributed by atoms with Crippen molar-refractivity contribution in [3.05, 3.63) is 0 Å². The summed E-state index contributed by atoms with van der Waals surface area (Å²) in [6.45, 7) is 3.16. The molecule has 2 N–H and O–H groups in total. The predicted octanol–water partition coefficient (Wildman–Crippen LogP) is 1.23. The average molecular weight is 237 g/mol. The Morgan fingerprint density at radius 3 is 2.88 bits per heavy atom. The van der Waals surface area contributed by atoms with Gasteiger partial charge in [-0.25, -0.2) is 0 Å². The van der Waals surface area contributed by atoms with Gasteiger partial charge >= 0.3 is 6.01 Å². The second-order valence-corrected chi connectivity index (χ2v) is 4.23. The quantitative estimate of drug-likeness (QED) is 0.852. The average Bonchev–Trinajstić information content (AvgIpc) is 2.37. The zero-order valence-corrected chi connectivity index (χ0v) is 10.4. The highest BCUT2D eigenvalue weighted by atomic mass is 16.5. The van der Waals surface area contributed by atoms with E-state index >= 15 is 0 Å². The van der Waals surface area contributed by atoms with Crippen molar-refractivity contribution in [3.8, 4) is 6.01 Å². The van der Waals surface area contributed by atoms with Crippen LogP contribution in [0.5, 0.6) is 6.01 Å². The first-order valence-electron chi connectivity index (χ1n) is 6.06. The van der Waals surface area contributed by atoms with Gasteiger partial charge in [0, 0.05) is 12.6 Å². The van der Waals surface area contributed by atoms with Crippen LogP contribution in [0, 0.1) is 0 Å². The van der Waals surface area contributed by atoms with Gasteiger partial charge < -0.3 is 15.4 Å². The molecular weight excluding hydrogens is 218 g/mol. The first-order chi connectivity index (χ1) is 8.24. The van der Waals surface area contributed by atoms with Gasteiger partial charge in [0.2, 0.25) is 11.9 Å². The van der Waals surface area contributed by atoms with Gasteiger partial charge in [0.25, 0.3) is 0 Å². The minimum Gasteiger partial charge on any atom is -0.467 e. The van der Waals surface area contributed by atoms with Crippen molar-refractivity contribution < 1.29 is 4.74 Å². The lowest BCUT2D eigenvalue weighted by atomic mass is 10.0. The summed E-state index contributed by atoms with van der Waals surface area (Å²) in [6, 6.07) is 0.781. The van der Waals surface area contributed by atoms with Crippen LogP contribution in [0.15, 0.2) is 0 Å². The molecule has 1 saturated heterocycles. The van der Waals surface area contributed by atoms with Gasteiger partial charge in [0.15, 0.2) is 0 Å². The van der Waals surface area contributed by atoms with Crippen LogP contribution in [0.3, 0.4) is 0 Å². The summed E-state index contributed by atoms with van der Waals surface area (Å²) in [5.41, 5.74) is 5.66. The van der Waals surface area contributed by atoms with Gasteiger partial charge in [0.05, 0.1) is 7.11 Å². The molecule has 1 fully saturated rings. The first kappa shape index (κ1) is 11.9. The van der Waals surface area contributed by atoms with Crippen molar-refractivity contribution in [2.24, 2.45) is 0 Å². The molecule has 1 atom stereocenters. The topological polar surface area (TPSA) is 77.2 Å². The summed E-state index contributed by atoms with van der Waals surface area (Å²) in [5.74, 6) is 0.855. The fourth-order valence-electron chi connectivity index (χ4n) is 2.27. The van der Waals surface area contributed by atoms with E-state index in [0.717, 1.165) is 13.0 Å². The van der Waals surface area contributed by atoms with Crippen LogP contribution in [0.4, 0.5) is 11.9 Å². The van der Waals surface area contributed by atoms with Crippen molar-refractivity contribution >= 4 is 11.9 Å². The third kappa shape index (κ3) is 2.57. The standard InChI is InChI=1S/C11H19N5O/c1-3-8-6-4-5-7-16(8)10-13-9(12)14-11(15-10)17-2/h8H,3-7H2,1-2H3,(H2,12,13,14,15). The number of hydrogen-bond acceptors (Lipinski definition) is 6. The summed E-state index contributed by atoms with van der Waals surface area (Å²) in [4.78, 5) is 14.6. The molecule has 0 amide bonds. The van der Waals surface area contributed by atoms with Crippen molar-refractivity contribution in [2.75, 3.05) is 24.3 Å². The number of nitrogen functional groups attached to an aromatic ring is 1. The minimum absolute atomic E-state index is 0.215. The smallest absolute Gasteiger partial charge is 0.322 e. The number of hydrogen-bond donors (Lipinski definition) is 1. The van der Waals surface area contributed by atoms with E-state index in [1.165, 1.54) is 26.4 Å². The number of nitrogens with zero attached hydrogens (tertiary/aromatic N) is 4. The number of anilines is 2. The molecule has 2 rings (SSSR count). The van der Waals surface area contributed by atoms with Gasteiger partial charge in [-0.2, -0.15) is 15.0 Å². The molecule has 0 radical (unpaired) electrons. The largest absolute Gasteiger partial charge is 0.467 e. The summed E-state index contributed by atoms with van der Waals surface area (Å²) >= 11 is 0. The van der Waals surface area contributed by atoms with Crippen LogP contribution >= 0.6 is 0 Å². The molecule has 1 aromatic heterocycles. The summed E-state index contributed by atoms with van der Waals surface area (Å²) in [5, 5.41) is 0. The lowest BCUT2D eigenvalue weighted by Crippen LogP contribution is -2.40. The molecule has 1 unspecified atom stereocenters. The van der Waals surface area contributed by atoms with Gasteiger partial charge in [-0.1, -0.05) is 6.92 Å². The molecule has 2 heterocycles. The van der Waals surface area contributed by atoms with Crippen molar-refractivity contribution in [1.29, 1.82) is 0 Å². The normalized spacial score (nSPS) is 20.4. The molecule has 1 aliphatic rings. The zero-order chi connectivity index (χ0) is 12.3. The lowest BCUT2D eigenvalue weighted by Gasteiger charge is -2.35. The molecule has 0 spiro atoms. The van der Waals surface area contributed by atoms with Crippen LogP contribution < -0.4 is 15.4 Å². The number of rotatable bonds is 3. The molecule has 6 nitrogen and oxygen atoms in total. The molecule has 94 valence electrons. The molecule has 1 aliphatic heterocycles. The zero-order valence-electron chi connectivity index (χ0n) is 10.4. The molecule has 0 bridgehead atoms. The van der Waals surface area contributed by atoms with E-state index in [2.05, 4.69) is 26.8 Å². The van der Waals surface area contributed by atoms with Crippen LogP contribution in [0.1, 0.15) is 32.6 Å². The van der Waals surface area contributed by atoms with Crippen LogP contribution in [-0.4, -0.2) is 34.6 Å². The highest BCUT2D eigenvalue weighted by molar-refractivity contribution is 5.37. The van der Waals surface area contributed by atoms with Gasteiger partial charge in [-0.05, 0) is 25.7 Å². The van der Waals surface area contributed by atoms with Gasteiger partial charge in [-0.3, -0.25) is 0 Å². The predicted molar refractivity (Wildman–Crippen MR) is 66.1 cm³/mol. The molecule has 0 aliphatic carbocycles. The van der Waals surface area contributed by atoms with Crippen LogP contribution in [0.25, 0.3) is 0 Å². The van der Waals surface area contributed by atoms with E-state index in [1.54, 1.807) is 0 Å². The summed E-state index contributed by atoms with van der Waals surface area (Å²) < 4.78 is 5.03. The molecular formula is C11H19N5O. The second kappa shape index (κ2) is 5.16. The van der Waals surface area contributed by atoms with E-state index in [0.29, 0.717) is 12.0 Å². The lowest BCUT2D eigenvalue weighted by molar-refractivity contribution is 0.375. The second-order valence-electron chi connectivity index (χ2n) is 4.23. The SMILES string of the molecule is CCC1CCCCN1c1nc(N)nc(OC)n1. The fraction of sp³-hybridized carbons (Fsp3) is 0.727. The maximum Gasteiger partial charge on any atom is 0.322 e. The van der Waals surface area contributed by atoms with E-state index in [-0.39, 0.29) is 12.0 Å². The molecule has 0 saturated carbocycles. The van der Waals surface area contributed by atoms with E-state index < -0.39 is 0 Å². The van der Waals surface area contributed by atoms with Gasteiger partial charge in [-0.15, -0.1) is 0 Å². The van der Waals surface area contributed by atoms with Crippen molar-refractivity contribution in [2.45, 2.75) is 38.6 Å². The van der Waals surface area contributed by atoms with Crippen LogP contribution in [-0.2, 0) is 0 Å². The fourth-order valence-corrected chi connectivity index (χ4v) is 2.27. The van der Waals surface area contributed by atoms with Crippen molar-refractivity contribution in [1.82, 2.24) is 15.0 Å². The maximum atomic E-state index is 5.66. The Kier molecular flexibility index (Phi) is 3.61. The van der Waals surface area contributed by atoms with Crippen molar-refractivity contribution in [3.63, 3.8) is 0 Å². The Hall–Kier alpha value is -1.59. The number of methoxy groups -OCH3 is 1. The molecule has 0 aromatic carbocycles. The summed E-state index contributed by atoms with van der Waals surface area (Å²) in [6.07, 6.45) is 4.72. The van der Waals surface area contributed by atoms with E-state index in [9.17, 15) is 0 Å². The maximum absolute atomic E-state index is 5.66. The molecule has 6 heteroatoms. The van der Waals surface area contributed by atoms with E-state index in [1.807, 2.05) is 0 Å². The third-order valence-corrected chi connectivity index (χ3v) is 3.16.